The summed E-state index contributed by atoms with van der Waals surface area (Å²) in [5.74, 6) is 1.81. The summed E-state index contributed by atoms with van der Waals surface area (Å²) in [4.78, 5) is 2.03. The second kappa shape index (κ2) is 4.97. The van der Waals surface area contributed by atoms with Gasteiger partial charge in [-0.1, -0.05) is 6.07 Å². The minimum absolute atomic E-state index is 0.659. The molecular weight excluding hydrogens is 224 g/mol. The van der Waals surface area contributed by atoms with Crippen LogP contribution in [0, 0.1) is 25.2 Å². The second-order valence-corrected chi connectivity index (χ2v) is 4.50. The van der Waals surface area contributed by atoms with Gasteiger partial charge in [0, 0.05) is 7.05 Å². The van der Waals surface area contributed by atoms with Crippen LogP contribution < -0.4 is 4.90 Å². The van der Waals surface area contributed by atoms with Crippen LogP contribution in [0.4, 0.5) is 5.69 Å². The van der Waals surface area contributed by atoms with Gasteiger partial charge in [0.05, 0.1) is 17.8 Å². The molecule has 0 saturated carbocycles. The van der Waals surface area contributed by atoms with E-state index in [1.54, 1.807) is 0 Å². The Hall–Kier alpha value is -2.21. The Morgan fingerprint density at radius 1 is 1.22 bits per heavy atom. The number of benzene rings is 1. The van der Waals surface area contributed by atoms with E-state index >= 15 is 0 Å². The van der Waals surface area contributed by atoms with Crippen molar-refractivity contribution >= 4 is 5.69 Å². The molecule has 0 saturated heterocycles. The van der Waals surface area contributed by atoms with Crippen LogP contribution in [0.2, 0.25) is 0 Å². The van der Waals surface area contributed by atoms with Crippen molar-refractivity contribution in [3.63, 3.8) is 0 Å². The fourth-order valence-corrected chi connectivity index (χ4v) is 1.94. The van der Waals surface area contributed by atoms with E-state index in [0.717, 1.165) is 22.8 Å². The maximum Gasteiger partial charge on any atom is 0.123 e. The van der Waals surface area contributed by atoms with Crippen molar-refractivity contribution < 1.29 is 4.42 Å². The van der Waals surface area contributed by atoms with Gasteiger partial charge >= 0.3 is 0 Å². The van der Waals surface area contributed by atoms with E-state index in [1.807, 2.05) is 56.1 Å². The third kappa shape index (κ3) is 2.54. The Morgan fingerprint density at radius 2 is 2.00 bits per heavy atom. The molecule has 18 heavy (non-hydrogen) atoms. The van der Waals surface area contributed by atoms with Gasteiger partial charge in [0.25, 0.3) is 0 Å². The number of hydrogen-bond donors (Lipinski definition) is 0. The minimum Gasteiger partial charge on any atom is -0.464 e. The lowest BCUT2D eigenvalue weighted by Crippen LogP contribution is -2.17. The van der Waals surface area contributed by atoms with Crippen molar-refractivity contribution in [2.45, 2.75) is 20.4 Å². The molecule has 0 aliphatic rings. The van der Waals surface area contributed by atoms with Crippen LogP contribution in [0.15, 0.2) is 34.7 Å². The van der Waals surface area contributed by atoms with Crippen molar-refractivity contribution in [2.75, 3.05) is 11.9 Å². The highest BCUT2D eigenvalue weighted by molar-refractivity contribution is 5.60. The zero-order valence-electron chi connectivity index (χ0n) is 10.9. The molecule has 0 atom stereocenters. The normalized spacial score (nSPS) is 10.1. The van der Waals surface area contributed by atoms with Gasteiger partial charge in [-0.3, -0.25) is 0 Å². The number of rotatable bonds is 3. The van der Waals surface area contributed by atoms with Crippen molar-refractivity contribution in [1.82, 2.24) is 0 Å². The lowest BCUT2D eigenvalue weighted by atomic mass is 10.1. The third-order valence-electron chi connectivity index (χ3n) is 2.87. The average Bonchev–Trinajstić information content (AvgIpc) is 2.74. The van der Waals surface area contributed by atoms with Gasteiger partial charge in [-0.2, -0.15) is 5.26 Å². The number of anilines is 1. The second-order valence-electron chi connectivity index (χ2n) is 4.50. The van der Waals surface area contributed by atoms with Crippen LogP contribution in [-0.4, -0.2) is 7.05 Å². The maximum atomic E-state index is 9.13. The molecule has 0 bridgehead atoms. The average molecular weight is 240 g/mol. The zero-order valence-corrected chi connectivity index (χ0v) is 10.9. The first-order chi connectivity index (χ1) is 8.60. The highest BCUT2D eigenvalue weighted by Crippen LogP contribution is 2.22. The molecule has 0 fully saturated rings. The highest BCUT2D eigenvalue weighted by Gasteiger charge is 2.09. The topological polar surface area (TPSA) is 40.2 Å². The first-order valence-electron chi connectivity index (χ1n) is 5.87. The number of hydrogen-bond acceptors (Lipinski definition) is 3. The van der Waals surface area contributed by atoms with Crippen LogP contribution in [0.5, 0.6) is 0 Å². The van der Waals surface area contributed by atoms with Crippen molar-refractivity contribution in [3.05, 3.63) is 53.0 Å². The van der Waals surface area contributed by atoms with E-state index in [4.69, 9.17) is 9.68 Å². The minimum atomic E-state index is 0.659. The summed E-state index contributed by atoms with van der Waals surface area (Å²) in [7, 11) is 1.97. The zero-order chi connectivity index (χ0) is 13.1. The summed E-state index contributed by atoms with van der Waals surface area (Å²) in [5, 5.41) is 9.13. The molecule has 1 aromatic carbocycles. The summed E-state index contributed by atoms with van der Waals surface area (Å²) in [5.41, 5.74) is 2.77. The van der Waals surface area contributed by atoms with Crippen molar-refractivity contribution in [2.24, 2.45) is 0 Å². The summed E-state index contributed by atoms with van der Waals surface area (Å²) in [6.45, 7) is 4.61. The summed E-state index contributed by atoms with van der Waals surface area (Å²) >= 11 is 0. The van der Waals surface area contributed by atoms with Gasteiger partial charge in [-0.05, 0) is 43.7 Å². The number of nitrogens with zero attached hydrogens (tertiary/aromatic N) is 2. The molecule has 0 aliphatic heterocycles. The molecule has 0 amide bonds. The van der Waals surface area contributed by atoms with Gasteiger partial charge in [-0.15, -0.1) is 0 Å². The molecule has 3 nitrogen and oxygen atoms in total. The smallest absolute Gasteiger partial charge is 0.123 e. The molecule has 0 aliphatic carbocycles. The molecule has 0 unspecified atom stereocenters. The molecule has 0 radical (unpaired) electrons. The quantitative estimate of drug-likeness (QED) is 0.825. The summed E-state index contributed by atoms with van der Waals surface area (Å²) < 4.78 is 5.55. The highest BCUT2D eigenvalue weighted by atomic mass is 16.3. The van der Waals surface area contributed by atoms with E-state index < -0.39 is 0 Å². The first-order valence-corrected chi connectivity index (χ1v) is 5.87. The predicted octanol–water partition coefficient (Wildman–Crippen LogP) is 3.40. The Bertz CT molecular complexity index is 593. The molecule has 2 rings (SSSR count). The molecule has 1 heterocycles. The number of furan rings is 1. The number of aryl methyl sites for hydroxylation is 2. The van der Waals surface area contributed by atoms with Gasteiger partial charge in [0.15, 0.2) is 0 Å². The molecule has 1 aromatic heterocycles. The molecular formula is C15H16N2O. The lowest BCUT2D eigenvalue weighted by molar-refractivity contribution is 0.482. The number of nitriles is 1. The summed E-state index contributed by atoms with van der Waals surface area (Å²) in [6, 6.07) is 12.0. The van der Waals surface area contributed by atoms with Crippen LogP contribution in [-0.2, 0) is 6.54 Å². The molecule has 0 N–H and O–H groups in total. The molecule has 3 heteroatoms. The van der Waals surface area contributed by atoms with Crippen molar-refractivity contribution in [3.8, 4) is 6.07 Å². The van der Waals surface area contributed by atoms with Gasteiger partial charge in [0.1, 0.15) is 17.6 Å². The lowest BCUT2D eigenvalue weighted by Gasteiger charge is -2.19. The third-order valence-corrected chi connectivity index (χ3v) is 2.87. The monoisotopic (exact) mass is 240 g/mol. The fraction of sp³-hybridized carbons (Fsp3) is 0.267. The predicted molar refractivity (Wildman–Crippen MR) is 71.4 cm³/mol. The van der Waals surface area contributed by atoms with Crippen molar-refractivity contribution in [1.29, 1.82) is 5.26 Å². The van der Waals surface area contributed by atoms with E-state index in [0.29, 0.717) is 12.1 Å². The maximum absolute atomic E-state index is 9.13. The molecule has 92 valence electrons. The first kappa shape index (κ1) is 12.3. The van der Waals surface area contributed by atoms with Crippen LogP contribution in [0.3, 0.4) is 0 Å². The Balaban J connectivity index is 2.26. The Morgan fingerprint density at radius 3 is 2.61 bits per heavy atom. The van der Waals surface area contributed by atoms with E-state index in [1.165, 1.54) is 0 Å². The Labute approximate surface area is 107 Å². The van der Waals surface area contributed by atoms with Crippen LogP contribution >= 0.6 is 0 Å². The molecule has 0 spiro atoms. The van der Waals surface area contributed by atoms with E-state index in [-0.39, 0.29) is 0 Å². The van der Waals surface area contributed by atoms with E-state index in [2.05, 4.69) is 6.07 Å². The van der Waals surface area contributed by atoms with Crippen LogP contribution in [0.25, 0.3) is 0 Å². The Kier molecular flexibility index (Phi) is 3.38. The molecule has 2 aromatic rings. The van der Waals surface area contributed by atoms with Gasteiger partial charge in [0.2, 0.25) is 0 Å². The largest absolute Gasteiger partial charge is 0.464 e. The van der Waals surface area contributed by atoms with Gasteiger partial charge < -0.3 is 9.32 Å². The summed E-state index contributed by atoms with van der Waals surface area (Å²) in [6.07, 6.45) is 0. The van der Waals surface area contributed by atoms with Crippen LogP contribution in [0.1, 0.15) is 22.6 Å². The fourth-order valence-electron chi connectivity index (χ4n) is 1.94. The standard InChI is InChI=1S/C15H16N2O/c1-11-4-6-13(9-16)15(8-11)17(3)10-14-7-5-12(2)18-14/h4-8H,10H2,1-3H3. The van der Waals surface area contributed by atoms with Gasteiger partial charge in [-0.25, -0.2) is 0 Å². The SMILES string of the molecule is Cc1ccc(C#N)c(N(C)Cc2ccc(C)o2)c1. The van der Waals surface area contributed by atoms with E-state index in [9.17, 15) is 0 Å².